The normalized spacial score (nSPS) is 11.6. The van der Waals surface area contributed by atoms with Crippen molar-refractivity contribution in [3.8, 4) is 5.75 Å². The first-order chi connectivity index (χ1) is 15.8. The van der Waals surface area contributed by atoms with Crippen LogP contribution in [0.1, 0.15) is 27.0 Å². The molecule has 3 aromatic rings. The molecule has 172 valence electrons. The number of aryl methyl sites for hydroxylation is 1. The number of hydrogen-bond acceptors (Lipinski definition) is 5. The Balaban J connectivity index is 1.83. The van der Waals surface area contributed by atoms with Gasteiger partial charge in [-0.15, -0.1) is 0 Å². The van der Waals surface area contributed by atoms with Gasteiger partial charge in [0.05, 0.1) is 24.7 Å². The van der Waals surface area contributed by atoms with E-state index in [-0.39, 0.29) is 18.0 Å². The molecule has 0 saturated carbocycles. The lowest BCUT2D eigenvalue weighted by atomic mass is 10.1. The Bertz CT molecular complexity index is 1200. The number of sulfonamides is 1. The Labute approximate surface area is 195 Å². The highest BCUT2D eigenvalue weighted by atomic mass is 32.2. The molecule has 0 spiro atoms. The van der Waals surface area contributed by atoms with Crippen LogP contribution < -0.4 is 4.74 Å². The van der Waals surface area contributed by atoms with Gasteiger partial charge in [-0.25, -0.2) is 13.2 Å². The van der Waals surface area contributed by atoms with E-state index in [1.807, 2.05) is 37.3 Å². The molecule has 0 atom stereocenters. The Hall–Kier alpha value is -3.42. The molecule has 33 heavy (non-hydrogen) atoms. The molecule has 0 heterocycles. The molecule has 0 aliphatic rings. The second kappa shape index (κ2) is 10.9. The number of nitrogens with zero attached hydrogens (tertiary/aromatic N) is 1. The van der Waals surface area contributed by atoms with Gasteiger partial charge in [0.2, 0.25) is 10.0 Å². The van der Waals surface area contributed by atoms with Crippen molar-refractivity contribution in [2.24, 2.45) is 0 Å². The molecule has 3 aromatic carbocycles. The molecule has 7 heteroatoms. The van der Waals surface area contributed by atoms with E-state index in [0.717, 1.165) is 16.7 Å². The van der Waals surface area contributed by atoms with Crippen LogP contribution in [-0.2, 0) is 21.3 Å². The van der Waals surface area contributed by atoms with Crippen molar-refractivity contribution in [2.45, 2.75) is 18.4 Å². The van der Waals surface area contributed by atoms with Crippen LogP contribution in [0.3, 0.4) is 0 Å². The van der Waals surface area contributed by atoms with Crippen LogP contribution in [-0.4, -0.2) is 39.5 Å². The lowest BCUT2D eigenvalue weighted by Crippen LogP contribution is -2.31. The van der Waals surface area contributed by atoms with Gasteiger partial charge in [-0.3, -0.25) is 0 Å². The quantitative estimate of drug-likeness (QED) is 0.429. The number of carbonyl (C=O) groups excluding carboxylic acids is 1. The summed E-state index contributed by atoms with van der Waals surface area (Å²) in [5, 5.41) is 0. The van der Waals surface area contributed by atoms with Gasteiger partial charge >= 0.3 is 5.97 Å². The zero-order valence-electron chi connectivity index (χ0n) is 18.9. The first kappa shape index (κ1) is 24.2. The molecule has 6 nitrogen and oxygen atoms in total. The number of hydrogen-bond donors (Lipinski definition) is 0. The molecular formula is C26H27NO5S. The number of rotatable bonds is 9. The van der Waals surface area contributed by atoms with Gasteiger partial charge in [0.15, 0.2) is 0 Å². The maximum Gasteiger partial charge on any atom is 0.337 e. The number of methoxy groups -OCH3 is 2. The highest BCUT2D eigenvalue weighted by molar-refractivity contribution is 7.89. The highest BCUT2D eigenvalue weighted by Gasteiger charge is 2.23. The molecule has 0 N–H and O–H groups in total. The van der Waals surface area contributed by atoms with E-state index in [1.54, 1.807) is 61.7 Å². The summed E-state index contributed by atoms with van der Waals surface area (Å²) in [7, 11) is -0.794. The molecule has 0 unspecified atom stereocenters. The van der Waals surface area contributed by atoms with Crippen LogP contribution in [0.15, 0.2) is 83.8 Å². The predicted molar refractivity (Wildman–Crippen MR) is 129 cm³/mol. The average Bonchev–Trinajstić information content (AvgIpc) is 2.84. The topological polar surface area (TPSA) is 72.9 Å². The van der Waals surface area contributed by atoms with E-state index in [9.17, 15) is 13.2 Å². The second-order valence-electron chi connectivity index (χ2n) is 7.47. The number of esters is 1. The Morgan fingerprint density at radius 1 is 0.909 bits per heavy atom. The van der Waals surface area contributed by atoms with E-state index in [2.05, 4.69) is 0 Å². The monoisotopic (exact) mass is 465 g/mol. The fourth-order valence-corrected chi connectivity index (χ4v) is 4.58. The van der Waals surface area contributed by atoms with E-state index in [4.69, 9.17) is 9.47 Å². The van der Waals surface area contributed by atoms with E-state index < -0.39 is 16.0 Å². The highest BCUT2D eigenvalue weighted by Crippen LogP contribution is 2.21. The number of ether oxygens (including phenoxy) is 2. The van der Waals surface area contributed by atoms with Crippen molar-refractivity contribution in [1.82, 2.24) is 4.31 Å². The Kier molecular flexibility index (Phi) is 8.03. The summed E-state index contributed by atoms with van der Waals surface area (Å²) in [4.78, 5) is 11.8. The molecule has 0 aliphatic heterocycles. The van der Waals surface area contributed by atoms with Crippen LogP contribution in [0.4, 0.5) is 0 Å². The molecular weight excluding hydrogens is 438 g/mol. The van der Waals surface area contributed by atoms with Gasteiger partial charge < -0.3 is 9.47 Å². The van der Waals surface area contributed by atoms with Gasteiger partial charge in [-0.05, 0) is 54.4 Å². The molecule has 0 saturated heterocycles. The zero-order valence-corrected chi connectivity index (χ0v) is 19.7. The maximum atomic E-state index is 13.4. The van der Waals surface area contributed by atoms with E-state index in [1.165, 1.54) is 11.4 Å². The fourth-order valence-electron chi connectivity index (χ4n) is 3.20. The zero-order chi connectivity index (χ0) is 23.8. The lowest BCUT2D eigenvalue weighted by Gasteiger charge is -2.21. The summed E-state index contributed by atoms with van der Waals surface area (Å²) in [5.41, 5.74) is 3.14. The summed E-state index contributed by atoms with van der Waals surface area (Å²) in [6.45, 7) is 2.31. The fraction of sp³-hybridized carbons (Fsp3) is 0.192. The predicted octanol–water partition coefficient (Wildman–Crippen LogP) is 4.69. The summed E-state index contributed by atoms with van der Waals surface area (Å²) < 4.78 is 38.1. The second-order valence-corrected chi connectivity index (χ2v) is 9.41. The summed E-state index contributed by atoms with van der Waals surface area (Å²) in [5.74, 6) is 0.308. The van der Waals surface area contributed by atoms with Crippen molar-refractivity contribution in [2.75, 3.05) is 20.8 Å². The summed E-state index contributed by atoms with van der Waals surface area (Å²) >= 11 is 0. The van der Waals surface area contributed by atoms with E-state index >= 15 is 0 Å². The van der Waals surface area contributed by atoms with E-state index in [0.29, 0.717) is 11.3 Å². The molecule has 0 bridgehead atoms. The van der Waals surface area contributed by atoms with Crippen molar-refractivity contribution < 1.29 is 22.7 Å². The molecule has 0 aromatic heterocycles. The van der Waals surface area contributed by atoms with Crippen LogP contribution >= 0.6 is 0 Å². The third-order valence-electron chi connectivity index (χ3n) is 5.13. The van der Waals surface area contributed by atoms with Gasteiger partial charge in [0, 0.05) is 13.1 Å². The minimum Gasteiger partial charge on any atom is -0.497 e. The van der Waals surface area contributed by atoms with Crippen molar-refractivity contribution >= 4 is 22.1 Å². The van der Waals surface area contributed by atoms with Crippen LogP contribution in [0.25, 0.3) is 6.08 Å². The maximum absolute atomic E-state index is 13.4. The van der Waals surface area contributed by atoms with Crippen LogP contribution in [0.2, 0.25) is 0 Å². The third kappa shape index (κ3) is 6.31. The smallest absolute Gasteiger partial charge is 0.337 e. The molecule has 0 fully saturated rings. The Morgan fingerprint density at radius 2 is 1.55 bits per heavy atom. The summed E-state index contributed by atoms with van der Waals surface area (Å²) in [6, 6.07) is 21.1. The lowest BCUT2D eigenvalue weighted by molar-refractivity contribution is 0.0600. The van der Waals surface area contributed by atoms with Crippen molar-refractivity contribution in [3.63, 3.8) is 0 Å². The first-order valence-corrected chi connectivity index (χ1v) is 11.8. The van der Waals surface area contributed by atoms with Gasteiger partial charge in [0.25, 0.3) is 0 Å². The summed E-state index contributed by atoms with van der Waals surface area (Å²) in [6.07, 6.45) is 3.62. The average molecular weight is 466 g/mol. The van der Waals surface area contributed by atoms with Gasteiger partial charge in [-0.1, -0.05) is 54.1 Å². The molecule has 0 amide bonds. The third-order valence-corrected chi connectivity index (χ3v) is 6.95. The minimum atomic E-state index is -3.72. The SMILES string of the molecule is COC(=O)c1ccc(/C=C/CN(Cc2ccc(OC)cc2)S(=O)(=O)c2ccc(C)cc2)cc1. The molecule has 3 rings (SSSR count). The Morgan fingerprint density at radius 3 is 2.12 bits per heavy atom. The van der Waals surface area contributed by atoms with Gasteiger partial charge in [0.1, 0.15) is 5.75 Å². The number of benzene rings is 3. The van der Waals surface area contributed by atoms with Crippen LogP contribution in [0.5, 0.6) is 5.75 Å². The molecule has 0 aliphatic carbocycles. The largest absolute Gasteiger partial charge is 0.497 e. The minimum absolute atomic E-state index is 0.182. The van der Waals surface area contributed by atoms with Crippen LogP contribution in [0, 0.1) is 6.92 Å². The van der Waals surface area contributed by atoms with Crippen molar-refractivity contribution in [1.29, 1.82) is 0 Å². The van der Waals surface area contributed by atoms with Gasteiger partial charge in [-0.2, -0.15) is 4.31 Å². The van der Waals surface area contributed by atoms with Crippen molar-refractivity contribution in [3.05, 3.63) is 101 Å². The number of carbonyl (C=O) groups is 1. The first-order valence-electron chi connectivity index (χ1n) is 10.4. The standard InChI is InChI=1S/C26H27NO5S/c1-20-6-16-25(17-7-20)33(29,30)27(19-22-10-14-24(31-2)15-11-22)18-4-5-21-8-12-23(13-9-21)26(28)32-3/h4-17H,18-19H2,1-3H3/b5-4+. The molecule has 0 radical (unpaired) electrons.